The van der Waals surface area contributed by atoms with Gasteiger partial charge in [-0.15, -0.1) is 0 Å². The molecule has 1 heteroatoms. The van der Waals surface area contributed by atoms with Crippen LogP contribution in [0.2, 0.25) is 0 Å². The van der Waals surface area contributed by atoms with Gasteiger partial charge in [0, 0.05) is 6.04 Å². The van der Waals surface area contributed by atoms with Gasteiger partial charge in [-0.2, -0.15) is 0 Å². The highest BCUT2D eigenvalue weighted by Crippen LogP contribution is 2.29. The standard InChI is InChI=1S/C10H19N/c1-8-2-5-10(6-8)11-7-9-3-4-9/h8-11H,2-7H2,1H3. The summed E-state index contributed by atoms with van der Waals surface area (Å²) >= 11 is 0. The monoisotopic (exact) mass is 153 g/mol. The van der Waals surface area contributed by atoms with Crippen LogP contribution in [0.3, 0.4) is 0 Å². The summed E-state index contributed by atoms with van der Waals surface area (Å²) in [6.07, 6.45) is 7.26. The highest BCUT2D eigenvalue weighted by molar-refractivity contribution is 4.82. The maximum absolute atomic E-state index is 3.67. The van der Waals surface area contributed by atoms with Gasteiger partial charge < -0.3 is 5.32 Å². The summed E-state index contributed by atoms with van der Waals surface area (Å²) in [6.45, 7) is 3.68. The Hall–Kier alpha value is -0.0400. The fourth-order valence-corrected chi connectivity index (χ4v) is 2.05. The van der Waals surface area contributed by atoms with Gasteiger partial charge in [0.1, 0.15) is 0 Å². The lowest BCUT2D eigenvalue weighted by molar-refractivity contribution is 0.490. The van der Waals surface area contributed by atoms with Gasteiger partial charge >= 0.3 is 0 Å². The predicted octanol–water partition coefficient (Wildman–Crippen LogP) is 2.17. The van der Waals surface area contributed by atoms with Crippen molar-refractivity contribution in [1.82, 2.24) is 5.32 Å². The number of rotatable bonds is 3. The van der Waals surface area contributed by atoms with E-state index in [-0.39, 0.29) is 0 Å². The van der Waals surface area contributed by atoms with E-state index in [1.54, 1.807) is 0 Å². The summed E-state index contributed by atoms with van der Waals surface area (Å²) in [5, 5.41) is 3.67. The van der Waals surface area contributed by atoms with Crippen LogP contribution in [-0.4, -0.2) is 12.6 Å². The molecule has 0 spiro atoms. The average molecular weight is 153 g/mol. The van der Waals surface area contributed by atoms with E-state index in [2.05, 4.69) is 12.2 Å². The van der Waals surface area contributed by atoms with E-state index in [9.17, 15) is 0 Å². The summed E-state index contributed by atoms with van der Waals surface area (Å²) in [7, 11) is 0. The van der Waals surface area contributed by atoms with Crippen LogP contribution >= 0.6 is 0 Å². The van der Waals surface area contributed by atoms with Crippen molar-refractivity contribution in [1.29, 1.82) is 0 Å². The van der Waals surface area contributed by atoms with Crippen LogP contribution in [0.1, 0.15) is 39.0 Å². The first-order valence-electron chi connectivity index (χ1n) is 5.08. The van der Waals surface area contributed by atoms with Crippen LogP contribution in [0.15, 0.2) is 0 Å². The first-order valence-corrected chi connectivity index (χ1v) is 5.08. The van der Waals surface area contributed by atoms with Gasteiger partial charge in [-0.3, -0.25) is 0 Å². The molecule has 2 atom stereocenters. The van der Waals surface area contributed by atoms with Crippen molar-refractivity contribution in [2.24, 2.45) is 11.8 Å². The maximum atomic E-state index is 3.67. The number of hydrogen-bond donors (Lipinski definition) is 1. The van der Waals surface area contributed by atoms with Gasteiger partial charge in [0.25, 0.3) is 0 Å². The van der Waals surface area contributed by atoms with Gasteiger partial charge in [0.15, 0.2) is 0 Å². The lowest BCUT2D eigenvalue weighted by Crippen LogP contribution is -2.28. The molecule has 0 saturated heterocycles. The molecular weight excluding hydrogens is 134 g/mol. The van der Waals surface area contributed by atoms with E-state index >= 15 is 0 Å². The highest BCUT2D eigenvalue weighted by Gasteiger charge is 2.25. The molecule has 0 bridgehead atoms. The van der Waals surface area contributed by atoms with Crippen molar-refractivity contribution in [3.8, 4) is 0 Å². The van der Waals surface area contributed by atoms with E-state index in [0.717, 1.165) is 17.9 Å². The molecule has 2 aliphatic rings. The minimum atomic E-state index is 0.866. The smallest absolute Gasteiger partial charge is 0.00698 e. The van der Waals surface area contributed by atoms with Crippen LogP contribution in [0.25, 0.3) is 0 Å². The van der Waals surface area contributed by atoms with Crippen LogP contribution in [0.4, 0.5) is 0 Å². The normalized spacial score (nSPS) is 37.9. The zero-order valence-electron chi connectivity index (χ0n) is 7.47. The molecule has 0 aromatic rings. The molecular formula is C10H19N. The second kappa shape index (κ2) is 3.14. The van der Waals surface area contributed by atoms with E-state index in [1.165, 1.54) is 38.6 Å². The van der Waals surface area contributed by atoms with Crippen molar-refractivity contribution < 1.29 is 0 Å². The Morgan fingerprint density at radius 3 is 2.55 bits per heavy atom. The Kier molecular flexibility index (Phi) is 2.17. The van der Waals surface area contributed by atoms with Gasteiger partial charge in [-0.25, -0.2) is 0 Å². The minimum Gasteiger partial charge on any atom is -0.314 e. The first kappa shape index (κ1) is 7.60. The molecule has 11 heavy (non-hydrogen) atoms. The Bertz CT molecular complexity index is 129. The molecule has 0 aliphatic heterocycles. The SMILES string of the molecule is CC1CCC(NCC2CC2)C1. The van der Waals surface area contributed by atoms with Crippen molar-refractivity contribution in [3.05, 3.63) is 0 Å². The molecule has 0 radical (unpaired) electrons. The molecule has 2 aliphatic carbocycles. The Morgan fingerprint density at radius 2 is 2.00 bits per heavy atom. The van der Waals surface area contributed by atoms with Crippen molar-refractivity contribution in [2.45, 2.75) is 45.1 Å². The molecule has 0 aromatic carbocycles. The van der Waals surface area contributed by atoms with Crippen LogP contribution in [-0.2, 0) is 0 Å². The topological polar surface area (TPSA) is 12.0 Å². The third kappa shape index (κ3) is 2.19. The predicted molar refractivity (Wildman–Crippen MR) is 47.5 cm³/mol. The minimum absolute atomic E-state index is 0.866. The second-order valence-electron chi connectivity index (χ2n) is 4.47. The van der Waals surface area contributed by atoms with E-state index in [1.807, 2.05) is 0 Å². The summed E-state index contributed by atoms with van der Waals surface area (Å²) in [4.78, 5) is 0. The largest absolute Gasteiger partial charge is 0.314 e. The summed E-state index contributed by atoms with van der Waals surface area (Å²) in [6, 6.07) is 0.866. The zero-order chi connectivity index (χ0) is 7.68. The Morgan fingerprint density at radius 1 is 1.18 bits per heavy atom. The van der Waals surface area contributed by atoms with E-state index < -0.39 is 0 Å². The summed E-state index contributed by atoms with van der Waals surface area (Å²) < 4.78 is 0. The fraction of sp³-hybridized carbons (Fsp3) is 1.00. The summed E-state index contributed by atoms with van der Waals surface area (Å²) in [5.41, 5.74) is 0. The molecule has 2 fully saturated rings. The second-order valence-corrected chi connectivity index (χ2v) is 4.47. The van der Waals surface area contributed by atoms with Crippen LogP contribution < -0.4 is 5.32 Å². The molecule has 2 saturated carbocycles. The lowest BCUT2D eigenvalue weighted by atomic mass is 10.1. The molecule has 0 aromatic heterocycles. The molecule has 0 amide bonds. The zero-order valence-corrected chi connectivity index (χ0v) is 7.47. The van der Waals surface area contributed by atoms with Gasteiger partial charge in [-0.05, 0) is 50.5 Å². The molecule has 64 valence electrons. The molecule has 2 rings (SSSR count). The van der Waals surface area contributed by atoms with E-state index in [0.29, 0.717) is 0 Å². The number of nitrogens with one attached hydrogen (secondary N) is 1. The lowest BCUT2D eigenvalue weighted by Gasteiger charge is -2.10. The molecule has 1 nitrogen and oxygen atoms in total. The Labute approximate surface area is 69.6 Å². The third-order valence-electron chi connectivity index (χ3n) is 3.09. The molecule has 2 unspecified atom stereocenters. The first-order chi connectivity index (χ1) is 5.34. The van der Waals surface area contributed by atoms with Crippen molar-refractivity contribution in [2.75, 3.05) is 6.54 Å². The fourth-order valence-electron chi connectivity index (χ4n) is 2.05. The Balaban J connectivity index is 1.62. The van der Waals surface area contributed by atoms with Gasteiger partial charge in [-0.1, -0.05) is 6.92 Å². The third-order valence-corrected chi connectivity index (χ3v) is 3.09. The average Bonchev–Trinajstić information content (AvgIpc) is 2.72. The van der Waals surface area contributed by atoms with Crippen LogP contribution in [0.5, 0.6) is 0 Å². The number of hydrogen-bond acceptors (Lipinski definition) is 1. The highest BCUT2D eigenvalue weighted by atomic mass is 14.9. The van der Waals surface area contributed by atoms with Crippen molar-refractivity contribution in [3.63, 3.8) is 0 Å². The van der Waals surface area contributed by atoms with Crippen molar-refractivity contribution >= 4 is 0 Å². The molecule has 1 N–H and O–H groups in total. The van der Waals surface area contributed by atoms with Crippen LogP contribution in [0, 0.1) is 11.8 Å². The quantitative estimate of drug-likeness (QED) is 0.655. The van der Waals surface area contributed by atoms with Gasteiger partial charge in [0.2, 0.25) is 0 Å². The van der Waals surface area contributed by atoms with E-state index in [4.69, 9.17) is 0 Å². The molecule has 0 heterocycles. The van der Waals surface area contributed by atoms with Gasteiger partial charge in [0.05, 0.1) is 0 Å². The maximum Gasteiger partial charge on any atom is 0.00698 e. The summed E-state index contributed by atoms with van der Waals surface area (Å²) in [5.74, 6) is 2.03.